The van der Waals surface area contributed by atoms with E-state index in [0.717, 1.165) is 5.56 Å². The minimum atomic E-state index is -3.49. The van der Waals surface area contributed by atoms with Crippen molar-refractivity contribution in [3.05, 3.63) is 33.8 Å². The standard InChI is InChI=1S/C15H24Cl2NO4P/c1-3-21-15(22-4-2)23(19,20)7-5-6-18-11-12-8-13(16)10-14(17)9-12/h8-10,15,18H,3-7,11H2,1-2H3,(H,19,20). The Morgan fingerprint density at radius 2 is 1.74 bits per heavy atom. The first kappa shape index (κ1) is 20.9. The topological polar surface area (TPSA) is 67.8 Å². The van der Waals surface area contributed by atoms with E-state index in [1.165, 1.54) is 0 Å². The van der Waals surface area contributed by atoms with Gasteiger partial charge < -0.3 is 19.7 Å². The summed E-state index contributed by atoms with van der Waals surface area (Å²) in [5.41, 5.74) is 0.969. The number of halogens is 2. The third-order valence-corrected chi connectivity index (χ3v) is 5.38. The number of ether oxygens (including phenoxy) is 2. The Bertz CT molecular complexity index is 504. The fourth-order valence-electron chi connectivity index (χ4n) is 2.05. The first-order valence-electron chi connectivity index (χ1n) is 7.59. The Morgan fingerprint density at radius 3 is 2.26 bits per heavy atom. The minimum Gasteiger partial charge on any atom is -0.345 e. The Morgan fingerprint density at radius 1 is 1.17 bits per heavy atom. The number of hydrogen-bond donors (Lipinski definition) is 2. The zero-order chi connectivity index (χ0) is 17.3. The molecule has 0 aromatic heterocycles. The molecule has 23 heavy (non-hydrogen) atoms. The quantitative estimate of drug-likeness (QED) is 0.342. The monoisotopic (exact) mass is 383 g/mol. The van der Waals surface area contributed by atoms with Gasteiger partial charge in [-0.2, -0.15) is 0 Å². The lowest BCUT2D eigenvalue weighted by Crippen LogP contribution is -2.21. The van der Waals surface area contributed by atoms with E-state index < -0.39 is 13.4 Å². The summed E-state index contributed by atoms with van der Waals surface area (Å²) in [5.74, 6) is 0. The van der Waals surface area contributed by atoms with Gasteiger partial charge in [0.1, 0.15) is 0 Å². The summed E-state index contributed by atoms with van der Waals surface area (Å²) < 4.78 is 22.7. The minimum absolute atomic E-state index is 0.140. The van der Waals surface area contributed by atoms with Gasteiger partial charge in [-0.3, -0.25) is 4.57 Å². The molecule has 0 aliphatic heterocycles. The third-order valence-electron chi connectivity index (χ3n) is 3.03. The Hall–Kier alpha value is -0.130. The second-order valence-corrected chi connectivity index (χ2v) is 8.26. The predicted molar refractivity (Wildman–Crippen MR) is 94.5 cm³/mol. The molecule has 0 saturated heterocycles. The maximum Gasteiger partial charge on any atom is 0.255 e. The predicted octanol–water partition coefficient (Wildman–Crippen LogP) is 4.10. The van der Waals surface area contributed by atoms with E-state index in [1.54, 1.807) is 19.9 Å². The van der Waals surface area contributed by atoms with E-state index in [1.807, 2.05) is 12.1 Å². The van der Waals surface area contributed by atoms with Crippen LogP contribution in [0, 0.1) is 0 Å². The lowest BCUT2D eigenvalue weighted by Gasteiger charge is -2.22. The first-order valence-corrected chi connectivity index (χ1v) is 10.3. The molecule has 0 saturated carbocycles. The highest BCUT2D eigenvalue weighted by Crippen LogP contribution is 2.47. The molecule has 1 aromatic carbocycles. The van der Waals surface area contributed by atoms with Crippen molar-refractivity contribution in [3.63, 3.8) is 0 Å². The fraction of sp³-hybridized carbons (Fsp3) is 0.600. The average molecular weight is 384 g/mol. The second kappa shape index (κ2) is 10.7. The van der Waals surface area contributed by atoms with Gasteiger partial charge in [-0.05, 0) is 50.6 Å². The smallest absolute Gasteiger partial charge is 0.255 e. The van der Waals surface area contributed by atoms with Crippen molar-refractivity contribution in [2.45, 2.75) is 32.8 Å². The lowest BCUT2D eigenvalue weighted by molar-refractivity contribution is -0.0871. The van der Waals surface area contributed by atoms with Crippen LogP contribution in [0.25, 0.3) is 0 Å². The molecular formula is C15H24Cl2NO4P. The van der Waals surface area contributed by atoms with Crippen LogP contribution in [0.15, 0.2) is 18.2 Å². The molecule has 0 fully saturated rings. The first-order chi connectivity index (χ1) is 10.9. The molecule has 0 aliphatic carbocycles. The molecule has 0 radical (unpaired) electrons. The largest absolute Gasteiger partial charge is 0.345 e. The van der Waals surface area contributed by atoms with Gasteiger partial charge in [-0.25, -0.2) is 0 Å². The molecule has 2 N–H and O–H groups in total. The molecule has 0 aliphatic rings. The van der Waals surface area contributed by atoms with Crippen LogP contribution in [0.3, 0.4) is 0 Å². The number of hydrogen-bond acceptors (Lipinski definition) is 4. The van der Waals surface area contributed by atoms with Crippen LogP contribution < -0.4 is 5.32 Å². The molecule has 1 aromatic rings. The van der Waals surface area contributed by atoms with Gasteiger partial charge in [0.25, 0.3) is 7.37 Å². The zero-order valence-electron chi connectivity index (χ0n) is 13.4. The molecule has 1 atom stereocenters. The molecule has 0 heterocycles. The summed E-state index contributed by atoms with van der Waals surface area (Å²) >= 11 is 11.9. The average Bonchev–Trinajstić information content (AvgIpc) is 2.45. The summed E-state index contributed by atoms with van der Waals surface area (Å²) in [7, 11) is -3.49. The Labute approximate surface area is 147 Å². The number of nitrogens with one attached hydrogen (secondary N) is 1. The van der Waals surface area contributed by atoms with Crippen molar-refractivity contribution < 1.29 is 18.9 Å². The van der Waals surface area contributed by atoms with E-state index in [0.29, 0.717) is 42.8 Å². The molecular weight excluding hydrogens is 360 g/mol. The molecule has 0 spiro atoms. The SMILES string of the molecule is CCOC(OCC)P(=O)(O)CCCNCc1cc(Cl)cc(Cl)c1. The number of benzene rings is 1. The summed E-state index contributed by atoms with van der Waals surface area (Å²) in [6.45, 7) is 5.40. The van der Waals surface area contributed by atoms with Crippen molar-refractivity contribution in [1.29, 1.82) is 0 Å². The van der Waals surface area contributed by atoms with Crippen molar-refractivity contribution in [1.82, 2.24) is 5.32 Å². The zero-order valence-corrected chi connectivity index (χ0v) is 15.8. The van der Waals surface area contributed by atoms with E-state index in [4.69, 9.17) is 32.7 Å². The summed E-state index contributed by atoms with van der Waals surface area (Å²) in [6.07, 6.45) is 0.680. The highest BCUT2D eigenvalue weighted by molar-refractivity contribution is 7.58. The van der Waals surface area contributed by atoms with Gasteiger partial charge in [-0.15, -0.1) is 0 Å². The van der Waals surface area contributed by atoms with Crippen molar-refractivity contribution in [2.75, 3.05) is 25.9 Å². The second-order valence-electron chi connectivity index (χ2n) is 5.00. The van der Waals surface area contributed by atoms with Gasteiger partial charge in [0.2, 0.25) is 6.03 Å². The van der Waals surface area contributed by atoms with Crippen LogP contribution in [-0.4, -0.2) is 36.8 Å². The molecule has 8 heteroatoms. The van der Waals surface area contributed by atoms with Crippen LogP contribution >= 0.6 is 30.6 Å². The normalized spacial score (nSPS) is 14.2. The van der Waals surface area contributed by atoms with Crippen LogP contribution in [0.2, 0.25) is 10.0 Å². The van der Waals surface area contributed by atoms with Crippen molar-refractivity contribution in [3.8, 4) is 0 Å². The van der Waals surface area contributed by atoms with E-state index >= 15 is 0 Å². The third kappa shape index (κ3) is 7.99. The van der Waals surface area contributed by atoms with Crippen molar-refractivity contribution in [2.24, 2.45) is 0 Å². The Balaban J connectivity index is 2.36. The van der Waals surface area contributed by atoms with Gasteiger partial charge in [-0.1, -0.05) is 23.2 Å². The van der Waals surface area contributed by atoms with Crippen LogP contribution in [0.1, 0.15) is 25.8 Å². The summed E-state index contributed by atoms with van der Waals surface area (Å²) in [4.78, 5) is 10.1. The summed E-state index contributed by atoms with van der Waals surface area (Å²) in [6, 6.07) is 4.30. The van der Waals surface area contributed by atoms with Gasteiger partial charge in [0.15, 0.2) is 0 Å². The Kier molecular flexibility index (Phi) is 9.71. The van der Waals surface area contributed by atoms with E-state index in [-0.39, 0.29) is 6.16 Å². The molecule has 132 valence electrons. The van der Waals surface area contributed by atoms with Gasteiger partial charge in [0.05, 0.1) is 0 Å². The van der Waals surface area contributed by atoms with Crippen molar-refractivity contribution >= 4 is 30.6 Å². The highest BCUT2D eigenvalue weighted by atomic mass is 35.5. The number of rotatable bonds is 11. The van der Waals surface area contributed by atoms with E-state index in [9.17, 15) is 9.46 Å². The molecule has 1 unspecified atom stereocenters. The lowest BCUT2D eigenvalue weighted by atomic mass is 10.2. The molecule has 0 amide bonds. The molecule has 0 bridgehead atoms. The van der Waals surface area contributed by atoms with E-state index in [2.05, 4.69) is 5.32 Å². The van der Waals surface area contributed by atoms with Crippen LogP contribution in [0.5, 0.6) is 0 Å². The molecule has 5 nitrogen and oxygen atoms in total. The maximum absolute atomic E-state index is 12.3. The van der Waals surface area contributed by atoms with Crippen LogP contribution in [-0.2, 0) is 20.6 Å². The van der Waals surface area contributed by atoms with Gasteiger partial charge in [0, 0.05) is 36.0 Å². The maximum atomic E-state index is 12.3. The van der Waals surface area contributed by atoms with Crippen LogP contribution in [0.4, 0.5) is 0 Å². The summed E-state index contributed by atoms with van der Waals surface area (Å²) in [5, 5.41) is 4.38. The molecule has 1 rings (SSSR count). The highest BCUT2D eigenvalue weighted by Gasteiger charge is 2.31. The fourth-order valence-corrected chi connectivity index (χ4v) is 4.21. The van der Waals surface area contributed by atoms with Gasteiger partial charge >= 0.3 is 0 Å².